The van der Waals surface area contributed by atoms with E-state index in [0.717, 1.165) is 4.90 Å². The zero-order chi connectivity index (χ0) is 20.4. The third-order valence-electron chi connectivity index (χ3n) is 4.71. The van der Waals surface area contributed by atoms with Crippen molar-refractivity contribution in [2.24, 2.45) is 0 Å². The fourth-order valence-electron chi connectivity index (χ4n) is 3.24. The summed E-state index contributed by atoms with van der Waals surface area (Å²) in [7, 11) is 0. The number of hydrogen-bond donors (Lipinski definition) is 1. The van der Waals surface area contributed by atoms with Gasteiger partial charge in [-0.15, -0.1) is 0 Å². The molecular weight excluding hydrogens is 370 g/mol. The van der Waals surface area contributed by atoms with E-state index in [4.69, 9.17) is 4.74 Å². The number of benzene rings is 3. The molecule has 1 heterocycles. The van der Waals surface area contributed by atoms with Crippen LogP contribution in [0.2, 0.25) is 0 Å². The normalized spacial score (nSPS) is 12.8. The van der Waals surface area contributed by atoms with Crippen molar-refractivity contribution in [1.82, 2.24) is 4.90 Å². The van der Waals surface area contributed by atoms with E-state index in [-0.39, 0.29) is 42.1 Å². The van der Waals surface area contributed by atoms with E-state index in [1.807, 2.05) is 6.07 Å². The first-order valence-electron chi connectivity index (χ1n) is 9.07. The van der Waals surface area contributed by atoms with Crippen molar-refractivity contribution in [3.8, 4) is 11.5 Å². The summed E-state index contributed by atoms with van der Waals surface area (Å²) in [4.78, 5) is 38.3. The van der Waals surface area contributed by atoms with Gasteiger partial charge in [0.05, 0.1) is 23.2 Å². The first-order valence-corrected chi connectivity index (χ1v) is 9.07. The second-order valence-corrected chi connectivity index (χ2v) is 6.53. The van der Waals surface area contributed by atoms with Crippen LogP contribution in [0, 0.1) is 0 Å². The van der Waals surface area contributed by atoms with Crippen LogP contribution in [0.1, 0.15) is 36.6 Å². The first-order chi connectivity index (χ1) is 14.1. The zero-order valence-corrected chi connectivity index (χ0v) is 15.4. The van der Waals surface area contributed by atoms with Gasteiger partial charge in [-0.05, 0) is 24.3 Å². The van der Waals surface area contributed by atoms with Gasteiger partial charge in [0.25, 0.3) is 11.8 Å². The Balaban J connectivity index is 1.40. The summed E-state index contributed by atoms with van der Waals surface area (Å²) in [6, 6.07) is 19.7. The summed E-state index contributed by atoms with van der Waals surface area (Å²) in [5.74, 6) is -0.844. The third kappa shape index (κ3) is 3.48. The van der Waals surface area contributed by atoms with Gasteiger partial charge in [-0.2, -0.15) is 0 Å². The van der Waals surface area contributed by atoms with Gasteiger partial charge in [0.1, 0.15) is 18.1 Å². The minimum absolute atomic E-state index is 0.0664. The van der Waals surface area contributed by atoms with Crippen molar-refractivity contribution < 1.29 is 24.2 Å². The Morgan fingerprint density at radius 2 is 1.48 bits per heavy atom. The number of ketones is 1. The molecule has 1 aliphatic heterocycles. The van der Waals surface area contributed by atoms with Crippen LogP contribution in [0.5, 0.6) is 11.5 Å². The SMILES string of the molecule is O=C(c1ccccc1)c1ccc(OCCN2C(=O)c3ccccc3C2=O)cc1O. The molecule has 6 heteroatoms. The van der Waals surface area contributed by atoms with E-state index in [1.54, 1.807) is 54.6 Å². The quantitative estimate of drug-likeness (QED) is 0.518. The molecule has 1 N–H and O–H groups in total. The van der Waals surface area contributed by atoms with Gasteiger partial charge in [-0.1, -0.05) is 42.5 Å². The molecule has 29 heavy (non-hydrogen) atoms. The van der Waals surface area contributed by atoms with Gasteiger partial charge in [-0.3, -0.25) is 19.3 Å². The number of nitrogens with zero attached hydrogens (tertiary/aromatic N) is 1. The molecule has 2 amide bonds. The van der Waals surface area contributed by atoms with Crippen molar-refractivity contribution in [2.75, 3.05) is 13.2 Å². The second kappa shape index (κ2) is 7.59. The number of carbonyl (C=O) groups excluding carboxylic acids is 3. The number of hydrogen-bond acceptors (Lipinski definition) is 5. The van der Waals surface area contributed by atoms with Gasteiger partial charge >= 0.3 is 0 Å². The molecule has 0 spiro atoms. The van der Waals surface area contributed by atoms with Gasteiger partial charge < -0.3 is 9.84 Å². The van der Waals surface area contributed by atoms with Crippen molar-refractivity contribution in [1.29, 1.82) is 0 Å². The van der Waals surface area contributed by atoms with E-state index in [1.165, 1.54) is 12.1 Å². The van der Waals surface area contributed by atoms with Crippen molar-refractivity contribution in [3.05, 3.63) is 95.1 Å². The van der Waals surface area contributed by atoms with Gasteiger partial charge in [0.15, 0.2) is 5.78 Å². The lowest BCUT2D eigenvalue weighted by Gasteiger charge is -2.15. The molecule has 0 atom stereocenters. The number of imide groups is 1. The maximum atomic E-state index is 12.5. The monoisotopic (exact) mass is 387 g/mol. The minimum Gasteiger partial charge on any atom is -0.507 e. The molecular formula is C23H17NO5. The van der Waals surface area contributed by atoms with Crippen LogP contribution in [0.3, 0.4) is 0 Å². The maximum Gasteiger partial charge on any atom is 0.261 e. The topological polar surface area (TPSA) is 83.9 Å². The van der Waals surface area contributed by atoms with Crippen molar-refractivity contribution in [2.45, 2.75) is 0 Å². The van der Waals surface area contributed by atoms with Crippen LogP contribution in [0.25, 0.3) is 0 Å². The molecule has 3 aromatic rings. The lowest BCUT2D eigenvalue weighted by molar-refractivity contribution is 0.0631. The molecule has 0 saturated heterocycles. The van der Waals surface area contributed by atoms with Crippen LogP contribution in [-0.2, 0) is 0 Å². The Morgan fingerprint density at radius 3 is 2.10 bits per heavy atom. The Labute approximate surface area is 167 Å². The molecule has 0 radical (unpaired) electrons. The number of rotatable bonds is 6. The average Bonchev–Trinajstić information content (AvgIpc) is 2.99. The van der Waals surface area contributed by atoms with E-state index in [0.29, 0.717) is 22.4 Å². The molecule has 6 nitrogen and oxygen atoms in total. The molecule has 0 unspecified atom stereocenters. The van der Waals surface area contributed by atoms with Crippen LogP contribution >= 0.6 is 0 Å². The second-order valence-electron chi connectivity index (χ2n) is 6.53. The fourth-order valence-corrected chi connectivity index (χ4v) is 3.24. The fraction of sp³-hybridized carbons (Fsp3) is 0.0870. The lowest BCUT2D eigenvalue weighted by atomic mass is 10.0. The van der Waals surface area contributed by atoms with E-state index < -0.39 is 0 Å². The van der Waals surface area contributed by atoms with Gasteiger partial charge in [0, 0.05) is 11.6 Å². The molecule has 0 aromatic heterocycles. The number of fused-ring (bicyclic) bond motifs is 1. The summed E-state index contributed by atoms with van der Waals surface area (Å²) < 4.78 is 5.57. The molecule has 4 rings (SSSR count). The highest BCUT2D eigenvalue weighted by Crippen LogP contribution is 2.26. The maximum absolute atomic E-state index is 12.5. The highest BCUT2D eigenvalue weighted by Gasteiger charge is 2.34. The Morgan fingerprint density at radius 1 is 0.862 bits per heavy atom. The van der Waals surface area contributed by atoms with Crippen LogP contribution in [0.4, 0.5) is 0 Å². The Hall–Kier alpha value is -3.93. The van der Waals surface area contributed by atoms with Gasteiger partial charge in [-0.25, -0.2) is 0 Å². The molecule has 3 aromatic carbocycles. The highest BCUT2D eigenvalue weighted by molar-refractivity contribution is 6.21. The van der Waals surface area contributed by atoms with Crippen LogP contribution in [-0.4, -0.2) is 40.8 Å². The van der Waals surface area contributed by atoms with E-state index in [9.17, 15) is 19.5 Å². The number of amides is 2. The standard InChI is InChI=1S/C23H17NO5/c25-20-14-16(10-11-19(20)21(26)15-6-2-1-3-7-15)29-13-12-24-22(27)17-8-4-5-9-18(17)23(24)28/h1-11,14,25H,12-13H2. The summed E-state index contributed by atoms with van der Waals surface area (Å²) in [6.07, 6.45) is 0. The largest absolute Gasteiger partial charge is 0.507 e. The molecule has 0 saturated carbocycles. The predicted octanol–water partition coefficient (Wildman–Crippen LogP) is 3.30. The van der Waals surface area contributed by atoms with Crippen molar-refractivity contribution in [3.63, 3.8) is 0 Å². The number of carbonyl (C=O) groups is 3. The van der Waals surface area contributed by atoms with Crippen LogP contribution in [0.15, 0.2) is 72.8 Å². The van der Waals surface area contributed by atoms with Crippen LogP contribution < -0.4 is 4.74 Å². The molecule has 0 bridgehead atoms. The predicted molar refractivity (Wildman–Crippen MR) is 105 cm³/mol. The number of phenols is 1. The Kier molecular flexibility index (Phi) is 4.83. The molecule has 0 aliphatic carbocycles. The van der Waals surface area contributed by atoms with E-state index >= 15 is 0 Å². The number of ether oxygens (including phenoxy) is 1. The summed E-state index contributed by atoms with van der Waals surface area (Å²) in [6.45, 7) is 0.148. The third-order valence-corrected chi connectivity index (χ3v) is 4.71. The Bertz CT molecular complexity index is 1070. The smallest absolute Gasteiger partial charge is 0.261 e. The minimum atomic E-state index is -0.346. The number of phenolic OH excluding ortho intramolecular Hbond substituents is 1. The molecule has 0 fully saturated rings. The summed E-state index contributed by atoms with van der Waals surface area (Å²) >= 11 is 0. The molecule has 144 valence electrons. The van der Waals surface area contributed by atoms with E-state index in [2.05, 4.69) is 0 Å². The van der Waals surface area contributed by atoms with Crippen molar-refractivity contribution >= 4 is 17.6 Å². The zero-order valence-electron chi connectivity index (χ0n) is 15.4. The first kappa shape index (κ1) is 18.4. The molecule has 1 aliphatic rings. The average molecular weight is 387 g/mol. The lowest BCUT2D eigenvalue weighted by Crippen LogP contribution is -2.33. The van der Waals surface area contributed by atoms with Gasteiger partial charge in [0.2, 0.25) is 0 Å². The number of aromatic hydroxyl groups is 1. The summed E-state index contributed by atoms with van der Waals surface area (Å²) in [5.41, 5.74) is 1.42. The highest BCUT2D eigenvalue weighted by atomic mass is 16.5. The summed E-state index contributed by atoms with van der Waals surface area (Å²) in [5, 5.41) is 10.2.